The minimum Gasteiger partial charge on any atom is -0.458 e. The summed E-state index contributed by atoms with van der Waals surface area (Å²) in [6.07, 6.45) is 20.3. The van der Waals surface area contributed by atoms with Gasteiger partial charge in [0.1, 0.15) is 6.10 Å². The van der Waals surface area contributed by atoms with Crippen LogP contribution in [0, 0.1) is 0 Å². The molecule has 0 fully saturated rings. The standard InChI is InChI=1S/C41H84O5Si2/c1-14-15-16-17-21-24-27-30-43-31-28-25-22-19-18-20-23-26-29-41(42)46-40(32-44-47(34(2)3,35(4)5)36(6)7)33-45-48(37(8)9,38(10)11)39(12)13/h22,25,34-40H,14-21,23-24,26-33H2,1-13H3. The molecule has 0 rings (SSSR count). The molecule has 0 aliphatic carbocycles. The van der Waals surface area contributed by atoms with Gasteiger partial charge in [-0.15, -0.1) is 0 Å². The summed E-state index contributed by atoms with van der Waals surface area (Å²) < 4.78 is 25.9. The molecule has 0 unspecified atom stereocenters. The first kappa shape index (κ1) is 47.5. The smallest absolute Gasteiger partial charge is 0.306 e. The Hall–Kier alpha value is -0.476. The molecule has 0 saturated heterocycles. The number of hydrogen-bond donors (Lipinski definition) is 0. The molecule has 7 heteroatoms. The van der Waals surface area contributed by atoms with Gasteiger partial charge in [0.05, 0.1) is 19.8 Å². The summed E-state index contributed by atoms with van der Waals surface area (Å²) in [5, 5.41) is 0. The SMILES string of the molecule is CCCCCCCCCOCCC=CCCCCCCC(=O)OC(CO[Si](C(C)C)(C(C)C)C(C)C)CO[Si](C(C)C)(C(C)C)C(C)C. The zero-order valence-corrected chi connectivity index (χ0v) is 36.5. The topological polar surface area (TPSA) is 54.0 Å². The Morgan fingerprint density at radius 2 is 0.938 bits per heavy atom. The van der Waals surface area contributed by atoms with E-state index in [1.54, 1.807) is 0 Å². The van der Waals surface area contributed by atoms with Crippen molar-refractivity contribution in [3.8, 4) is 0 Å². The van der Waals surface area contributed by atoms with Crippen molar-refractivity contribution in [2.75, 3.05) is 26.4 Å². The zero-order chi connectivity index (χ0) is 36.6. The van der Waals surface area contributed by atoms with E-state index >= 15 is 0 Å². The van der Waals surface area contributed by atoms with E-state index in [4.69, 9.17) is 18.3 Å². The highest BCUT2D eigenvalue weighted by atomic mass is 28.4. The number of carbonyl (C=O) groups excluding carboxylic acids is 1. The van der Waals surface area contributed by atoms with Crippen LogP contribution in [-0.2, 0) is 23.1 Å². The fraction of sp³-hybridized carbons (Fsp3) is 0.927. The first-order valence-electron chi connectivity index (χ1n) is 20.4. The maximum absolute atomic E-state index is 13.1. The summed E-state index contributed by atoms with van der Waals surface area (Å²) in [5.74, 6) is -0.111. The lowest BCUT2D eigenvalue weighted by Crippen LogP contribution is -2.52. The van der Waals surface area contributed by atoms with Crippen molar-refractivity contribution in [1.29, 1.82) is 0 Å². The van der Waals surface area contributed by atoms with Crippen LogP contribution >= 0.6 is 0 Å². The van der Waals surface area contributed by atoms with E-state index < -0.39 is 16.6 Å². The van der Waals surface area contributed by atoms with Crippen molar-refractivity contribution in [3.63, 3.8) is 0 Å². The summed E-state index contributed by atoms with van der Waals surface area (Å²) >= 11 is 0. The van der Waals surface area contributed by atoms with Crippen LogP contribution in [-0.4, -0.2) is 55.1 Å². The maximum atomic E-state index is 13.1. The molecule has 0 aliphatic heterocycles. The summed E-state index contributed by atoms with van der Waals surface area (Å²) in [7, 11) is -4.19. The first-order chi connectivity index (χ1) is 22.7. The molecule has 0 aromatic rings. The fourth-order valence-corrected chi connectivity index (χ4v) is 19.3. The van der Waals surface area contributed by atoms with Crippen molar-refractivity contribution < 1.29 is 23.1 Å². The molecular weight excluding hydrogens is 629 g/mol. The lowest BCUT2D eigenvalue weighted by Gasteiger charge is -2.44. The van der Waals surface area contributed by atoms with Crippen molar-refractivity contribution in [2.24, 2.45) is 0 Å². The van der Waals surface area contributed by atoms with Crippen LogP contribution in [0.25, 0.3) is 0 Å². The normalized spacial score (nSPS) is 13.2. The van der Waals surface area contributed by atoms with Crippen molar-refractivity contribution in [2.45, 2.75) is 219 Å². The highest BCUT2D eigenvalue weighted by molar-refractivity contribution is 6.78. The van der Waals surface area contributed by atoms with Gasteiger partial charge in [-0.05, 0) is 65.4 Å². The van der Waals surface area contributed by atoms with E-state index in [1.165, 1.54) is 44.9 Å². The van der Waals surface area contributed by atoms with Crippen molar-refractivity contribution in [3.05, 3.63) is 12.2 Å². The molecule has 0 heterocycles. The highest BCUT2D eigenvalue weighted by Crippen LogP contribution is 2.44. The number of unbranched alkanes of at least 4 members (excludes halogenated alkanes) is 10. The number of hydrogen-bond acceptors (Lipinski definition) is 5. The number of esters is 1. The molecule has 0 radical (unpaired) electrons. The molecular formula is C41H84O5Si2. The number of ether oxygens (including phenoxy) is 2. The van der Waals surface area contributed by atoms with Crippen LogP contribution in [0.4, 0.5) is 0 Å². The molecule has 0 aromatic carbocycles. The second kappa shape index (κ2) is 27.2. The Morgan fingerprint density at radius 1 is 0.521 bits per heavy atom. The molecule has 48 heavy (non-hydrogen) atoms. The summed E-state index contributed by atoms with van der Waals surface area (Å²) in [6.45, 7) is 32.5. The van der Waals surface area contributed by atoms with Gasteiger partial charge in [-0.1, -0.05) is 154 Å². The molecule has 0 saturated carbocycles. The van der Waals surface area contributed by atoms with E-state index in [1.807, 2.05) is 0 Å². The molecule has 0 amide bonds. The quantitative estimate of drug-likeness (QED) is 0.0310. The Balaban J connectivity index is 4.78. The lowest BCUT2D eigenvalue weighted by atomic mass is 10.1. The van der Waals surface area contributed by atoms with Crippen LogP contribution < -0.4 is 0 Å². The first-order valence-corrected chi connectivity index (χ1v) is 24.7. The van der Waals surface area contributed by atoms with E-state index in [9.17, 15) is 4.79 Å². The summed E-state index contributed by atoms with van der Waals surface area (Å²) in [5.41, 5.74) is 2.88. The number of rotatable bonds is 31. The molecule has 5 nitrogen and oxygen atoms in total. The van der Waals surface area contributed by atoms with Crippen LogP contribution in [0.2, 0.25) is 33.2 Å². The number of carbonyl (C=O) groups is 1. The molecule has 0 atom stereocenters. The van der Waals surface area contributed by atoms with Gasteiger partial charge in [0.25, 0.3) is 0 Å². The van der Waals surface area contributed by atoms with Gasteiger partial charge in [0, 0.05) is 13.0 Å². The van der Waals surface area contributed by atoms with E-state index in [0.29, 0.717) is 52.9 Å². The van der Waals surface area contributed by atoms with Gasteiger partial charge in [0.2, 0.25) is 16.6 Å². The van der Waals surface area contributed by atoms with Crippen molar-refractivity contribution in [1.82, 2.24) is 0 Å². The van der Waals surface area contributed by atoms with E-state index in [2.05, 4.69) is 102 Å². The van der Waals surface area contributed by atoms with Crippen LogP contribution in [0.1, 0.15) is 180 Å². The summed E-state index contributed by atoms with van der Waals surface area (Å²) in [6, 6.07) is 0. The fourth-order valence-electron chi connectivity index (χ4n) is 8.37. The number of allylic oxidation sites excluding steroid dienone is 1. The van der Waals surface area contributed by atoms with E-state index in [-0.39, 0.29) is 12.1 Å². The van der Waals surface area contributed by atoms with Crippen LogP contribution in [0.3, 0.4) is 0 Å². The third kappa shape index (κ3) is 17.6. The van der Waals surface area contributed by atoms with E-state index in [0.717, 1.165) is 51.7 Å². The molecule has 286 valence electrons. The molecule has 0 N–H and O–H groups in total. The van der Waals surface area contributed by atoms with Gasteiger partial charge in [-0.2, -0.15) is 0 Å². The van der Waals surface area contributed by atoms with Gasteiger partial charge < -0.3 is 18.3 Å². The second-order valence-corrected chi connectivity index (χ2v) is 27.2. The molecule has 0 aliphatic rings. The zero-order valence-electron chi connectivity index (χ0n) is 34.5. The van der Waals surface area contributed by atoms with Crippen LogP contribution in [0.5, 0.6) is 0 Å². The van der Waals surface area contributed by atoms with Gasteiger partial charge in [-0.25, -0.2) is 0 Å². The third-order valence-corrected chi connectivity index (χ3v) is 22.9. The van der Waals surface area contributed by atoms with Gasteiger partial charge in [-0.3, -0.25) is 4.79 Å². The predicted octanol–water partition coefficient (Wildman–Crippen LogP) is 13.3. The Labute approximate surface area is 302 Å². The monoisotopic (exact) mass is 713 g/mol. The Kier molecular flexibility index (Phi) is 26.9. The average Bonchev–Trinajstić information content (AvgIpc) is 2.99. The predicted molar refractivity (Wildman–Crippen MR) is 214 cm³/mol. The van der Waals surface area contributed by atoms with Crippen LogP contribution in [0.15, 0.2) is 12.2 Å². The molecule has 0 bridgehead atoms. The molecule has 0 spiro atoms. The lowest BCUT2D eigenvalue weighted by molar-refractivity contribution is -0.152. The summed E-state index contributed by atoms with van der Waals surface area (Å²) in [4.78, 5) is 13.1. The van der Waals surface area contributed by atoms with Gasteiger partial charge >= 0.3 is 5.97 Å². The highest BCUT2D eigenvalue weighted by Gasteiger charge is 2.47. The Bertz CT molecular complexity index is 729. The largest absolute Gasteiger partial charge is 0.458 e. The third-order valence-electron chi connectivity index (χ3n) is 10.7. The van der Waals surface area contributed by atoms with Crippen molar-refractivity contribution >= 4 is 22.6 Å². The Morgan fingerprint density at radius 3 is 1.42 bits per heavy atom. The minimum absolute atomic E-state index is 0.111. The second-order valence-electron chi connectivity index (χ2n) is 16.3. The molecule has 0 aromatic heterocycles. The maximum Gasteiger partial charge on any atom is 0.306 e. The average molecular weight is 713 g/mol. The minimum atomic E-state index is -2.10. The van der Waals surface area contributed by atoms with Gasteiger partial charge in [0.15, 0.2) is 0 Å².